The maximum absolute atomic E-state index is 12.8. The van der Waals surface area contributed by atoms with Gasteiger partial charge in [-0.05, 0) is 36.4 Å². The second-order valence-corrected chi connectivity index (χ2v) is 6.29. The van der Waals surface area contributed by atoms with Crippen LogP contribution in [0.25, 0.3) is 5.69 Å². The summed E-state index contributed by atoms with van der Waals surface area (Å²) in [5, 5.41) is 21.5. The van der Waals surface area contributed by atoms with E-state index in [1.54, 1.807) is 12.1 Å². The Balaban J connectivity index is 1.61. The molecule has 0 aliphatic rings. The molecule has 148 valence electrons. The van der Waals surface area contributed by atoms with Crippen LogP contribution in [0.4, 0.5) is 22.7 Å². The van der Waals surface area contributed by atoms with E-state index in [2.05, 4.69) is 20.7 Å². The van der Waals surface area contributed by atoms with E-state index in [4.69, 9.17) is 0 Å². The summed E-state index contributed by atoms with van der Waals surface area (Å²) in [4.78, 5) is 27.5. The van der Waals surface area contributed by atoms with E-state index < -0.39 is 10.8 Å². The first kappa shape index (κ1) is 18.8. The highest BCUT2D eigenvalue weighted by atomic mass is 16.6. The molecule has 1 heterocycles. The molecule has 30 heavy (non-hydrogen) atoms. The standard InChI is InChI=1S/C21H16N6O3/c28-21(15-10-11-19(20(12-15)27(29)30)26-14-22-13-23-26)25-18-9-5-4-8-17(18)24-16-6-2-1-3-7-16/h1-14,24H,(H,25,28). The third-order valence-electron chi connectivity index (χ3n) is 4.33. The van der Waals surface area contributed by atoms with Crippen LogP contribution in [0.15, 0.2) is 85.5 Å². The summed E-state index contributed by atoms with van der Waals surface area (Å²) in [6.45, 7) is 0. The predicted molar refractivity (Wildman–Crippen MR) is 112 cm³/mol. The molecule has 4 aromatic rings. The fourth-order valence-electron chi connectivity index (χ4n) is 2.91. The molecule has 0 aliphatic heterocycles. The Morgan fingerprint density at radius 2 is 1.70 bits per heavy atom. The normalized spacial score (nSPS) is 10.4. The predicted octanol–water partition coefficient (Wildman–Crippen LogP) is 4.17. The number of para-hydroxylation sites is 3. The lowest BCUT2D eigenvalue weighted by molar-refractivity contribution is -0.384. The van der Waals surface area contributed by atoms with Gasteiger partial charge in [-0.2, -0.15) is 5.10 Å². The Kier molecular flexibility index (Phi) is 5.16. The average molecular weight is 400 g/mol. The molecule has 1 aromatic heterocycles. The number of amides is 1. The number of carbonyl (C=O) groups is 1. The van der Waals surface area contributed by atoms with Gasteiger partial charge in [0.1, 0.15) is 18.3 Å². The van der Waals surface area contributed by atoms with Gasteiger partial charge in [0.25, 0.3) is 11.6 Å². The van der Waals surface area contributed by atoms with Crippen molar-refractivity contribution in [2.75, 3.05) is 10.6 Å². The van der Waals surface area contributed by atoms with Crippen molar-refractivity contribution in [3.05, 3.63) is 101 Å². The number of hydrogen-bond acceptors (Lipinski definition) is 6. The Morgan fingerprint density at radius 1 is 0.967 bits per heavy atom. The van der Waals surface area contributed by atoms with Crippen LogP contribution >= 0.6 is 0 Å². The fourth-order valence-corrected chi connectivity index (χ4v) is 2.91. The number of nitrogens with one attached hydrogen (secondary N) is 2. The van der Waals surface area contributed by atoms with Crippen LogP contribution in [0.1, 0.15) is 10.4 Å². The molecule has 0 aliphatic carbocycles. The van der Waals surface area contributed by atoms with Gasteiger partial charge >= 0.3 is 0 Å². The van der Waals surface area contributed by atoms with Gasteiger partial charge in [-0.1, -0.05) is 30.3 Å². The van der Waals surface area contributed by atoms with Crippen LogP contribution in [-0.2, 0) is 0 Å². The Bertz CT molecular complexity index is 1190. The second-order valence-electron chi connectivity index (χ2n) is 6.29. The summed E-state index contributed by atoms with van der Waals surface area (Å²) in [5.41, 5.74) is 2.25. The van der Waals surface area contributed by atoms with E-state index in [1.165, 1.54) is 35.5 Å². The van der Waals surface area contributed by atoms with Gasteiger partial charge < -0.3 is 10.6 Å². The lowest BCUT2D eigenvalue weighted by atomic mass is 10.1. The third kappa shape index (κ3) is 3.99. The number of rotatable bonds is 6. The molecule has 9 heteroatoms. The van der Waals surface area contributed by atoms with E-state index in [0.717, 1.165) is 5.69 Å². The van der Waals surface area contributed by atoms with E-state index in [-0.39, 0.29) is 16.9 Å². The molecular weight excluding hydrogens is 384 g/mol. The third-order valence-corrected chi connectivity index (χ3v) is 4.33. The topological polar surface area (TPSA) is 115 Å². The van der Waals surface area contributed by atoms with Crippen LogP contribution in [0.5, 0.6) is 0 Å². The highest BCUT2D eigenvalue weighted by Crippen LogP contribution is 2.27. The van der Waals surface area contributed by atoms with Gasteiger partial charge in [0.15, 0.2) is 0 Å². The number of nitro benzene ring substituents is 1. The van der Waals surface area contributed by atoms with E-state index >= 15 is 0 Å². The minimum atomic E-state index is -0.557. The first-order valence-corrected chi connectivity index (χ1v) is 8.98. The SMILES string of the molecule is O=C(Nc1ccccc1Nc1ccccc1)c1ccc(-n2cncn2)c([N+](=O)[O-])c1. The number of benzene rings is 3. The molecule has 0 spiro atoms. The van der Waals surface area contributed by atoms with Crippen molar-refractivity contribution >= 4 is 28.7 Å². The molecular formula is C21H16N6O3. The maximum Gasteiger partial charge on any atom is 0.295 e. The van der Waals surface area contributed by atoms with Crippen LogP contribution < -0.4 is 10.6 Å². The van der Waals surface area contributed by atoms with Crippen molar-refractivity contribution in [2.45, 2.75) is 0 Å². The van der Waals surface area contributed by atoms with Crippen molar-refractivity contribution in [3.8, 4) is 5.69 Å². The maximum atomic E-state index is 12.8. The number of hydrogen-bond donors (Lipinski definition) is 2. The van der Waals surface area contributed by atoms with Crippen molar-refractivity contribution < 1.29 is 9.72 Å². The number of nitro groups is 1. The van der Waals surface area contributed by atoms with Gasteiger partial charge in [0, 0.05) is 17.3 Å². The summed E-state index contributed by atoms with van der Waals surface area (Å²) >= 11 is 0. The molecule has 3 aromatic carbocycles. The number of carbonyl (C=O) groups excluding carboxylic acids is 1. The summed E-state index contributed by atoms with van der Waals surface area (Å²) in [6.07, 6.45) is 2.63. The second kappa shape index (κ2) is 8.23. The largest absolute Gasteiger partial charge is 0.354 e. The smallest absolute Gasteiger partial charge is 0.295 e. The monoisotopic (exact) mass is 400 g/mol. The minimum Gasteiger partial charge on any atom is -0.354 e. The zero-order valence-corrected chi connectivity index (χ0v) is 15.6. The summed E-state index contributed by atoms with van der Waals surface area (Å²) in [6, 6.07) is 21.0. The van der Waals surface area contributed by atoms with Crippen LogP contribution in [0.3, 0.4) is 0 Å². The Hall–Kier alpha value is -4.53. The van der Waals surface area contributed by atoms with E-state index in [0.29, 0.717) is 11.4 Å². The Labute approximate surface area is 171 Å². The molecule has 0 fully saturated rings. The van der Waals surface area contributed by atoms with Crippen molar-refractivity contribution in [3.63, 3.8) is 0 Å². The van der Waals surface area contributed by atoms with E-state index in [9.17, 15) is 14.9 Å². The first-order chi connectivity index (χ1) is 14.6. The molecule has 0 radical (unpaired) electrons. The van der Waals surface area contributed by atoms with Gasteiger partial charge in [0.2, 0.25) is 0 Å². The van der Waals surface area contributed by atoms with E-state index in [1.807, 2.05) is 42.5 Å². The summed E-state index contributed by atoms with van der Waals surface area (Å²) in [5.74, 6) is -0.467. The quantitative estimate of drug-likeness (QED) is 0.371. The molecule has 0 unspecified atom stereocenters. The van der Waals surface area contributed by atoms with Crippen molar-refractivity contribution in [1.82, 2.24) is 14.8 Å². The van der Waals surface area contributed by atoms with Gasteiger partial charge in [-0.3, -0.25) is 14.9 Å². The highest BCUT2D eigenvalue weighted by Gasteiger charge is 2.20. The number of anilines is 3. The van der Waals surface area contributed by atoms with Crippen LogP contribution in [0.2, 0.25) is 0 Å². The minimum absolute atomic E-state index is 0.153. The molecule has 1 amide bonds. The highest BCUT2D eigenvalue weighted by molar-refractivity contribution is 6.06. The molecule has 0 saturated carbocycles. The molecule has 2 N–H and O–H groups in total. The van der Waals surface area contributed by atoms with Gasteiger partial charge in [-0.25, -0.2) is 9.67 Å². The average Bonchev–Trinajstić information content (AvgIpc) is 3.30. The van der Waals surface area contributed by atoms with Crippen LogP contribution in [-0.4, -0.2) is 25.6 Å². The Morgan fingerprint density at radius 3 is 2.40 bits per heavy atom. The molecule has 0 atom stereocenters. The first-order valence-electron chi connectivity index (χ1n) is 8.98. The molecule has 0 bridgehead atoms. The molecule has 4 rings (SSSR count). The summed E-state index contributed by atoms with van der Waals surface area (Å²) < 4.78 is 1.28. The lowest BCUT2D eigenvalue weighted by Crippen LogP contribution is -2.14. The van der Waals surface area contributed by atoms with Crippen LogP contribution in [0, 0.1) is 10.1 Å². The number of aromatic nitrogens is 3. The van der Waals surface area contributed by atoms with Gasteiger partial charge in [-0.15, -0.1) is 0 Å². The number of nitrogens with zero attached hydrogens (tertiary/aromatic N) is 4. The van der Waals surface area contributed by atoms with Crippen molar-refractivity contribution in [2.24, 2.45) is 0 Å². The zero-order valence-electron chi connectivity index (χ0n) is 15.6. The zero-order chi connectivity index (χ0) is 20.9. The molecule has 0 saturated heterocycles. The lowest BCUT2D eigenvalue weighted by Gasteiger charge is -2.13. The fraction of sp³-hybridized carbons (Fsp3) is 0. The van der Waals surface area contributed by atoms with Gasteiger partial charge in [0.05, 0.1) is 16.3 Å². The van der Waals surface area contributed by atoms with Crippen molar-refractivity contribution in [1.29, 1.82) is 0 Å². The summed E-state index contributed by atoms with van der Waals surface area (Å²) in [7, 11) is 0. The molecule has 9 nitrogen and oxygen atoms in total.